The molecule has 3 nitrogen and oxygen atoms in total. The van der Waals surface area contributed by atoms with Crippen LogP contribution in [-0.2, 0) is 4.79 Å². The quantitative estimate of drug-likeness (QED) is 0.779. The highest BCUT2D eigenvalue weighted by Crippen LogP contribution is 2.32. The lowest BCUT2D eigenvalue weighted by molar-refractivity contribution is -0.136. The molecule has 2 heterocycles. The fourth-order valence-corrected chi connectivity index (χ4v) is 4.43. The minimum atomic E-state index is 0.378. The van der Waals surface area contributed by atoms with E-state index in [1.807, 2.05) is 6.92 Å². The lowest BCUT2D eigenvalue weighted by Crippen LogP contribution is -2.55. The molecule has 0 spiro atoms. The number of fused-ring (bicyclic) bond motifs is 2. The Balaban J connectivity index is 1.50. The van der Waals surface area contributed by atoms with Crippen LogP contribution in [0.1, 0.15) is 58.3 Å². The lowest BCUT2D eigenvalue weighted by Gasteiger charge is -2.41. The SMILES string of the molecule is CCC(=O)N1[C@H]2CC[C@H]1CN(CCC1CCCC1)C2. The van der Waals surface area contributed by atoms with Crippen LogP contribution < -0.4 is 0 Å². The van der Waals surface area contributed by atoms with Crippen molar-refractivity contribution < 1.29 is 4.79 Å². The molecule has 1 aliphatic carbocycles. The Morgan fingerprint density at radius 3 is 2.26 bits per heavy atom. The summed E-state index contributed by atoms with van der Waals surface area (Å²) in [5.41, 5.74) is 0. The second-order valence-electron chi connectivity index (χ2n) is 6.74. The predicted molar refractivity (Wildman–Crippen MR) is 77.0 cm³/mol. The first kappa shape index (κ1) is 13.4. The summed E-state index contributed by atoms with van der Waals surface area (Å²) in [4.78, 5) is 16.9. The molecule has 0 aromatic rings. The van der Waals surface area contributed by atoms with E-state index >= 15 is 0 Å². The summed E-state index contributed by atoms with van der Waals surface area (Å²) in [6.07, 6.45) is 10.4. The Morgan fingerprint density at radius 2 is 1.68 bits per heavy atom. The fraction of sp³-hybridized carbons (Fsp3) is 0.938. The molecule has 0 N–H and O–H groups in total. The van der Waals surface area contributed by atoms with Gasteiger partial charge in [0, 0.05) is 31.6 Å². The number of hydrogen-bond donors (Lipinski definition) is 0. The molecule has 0 aromatic carbocycles. The van der Waals surface area contributed by atoms with Crippen LogP contribution in [0.2, 0.25) is 0 Å². The normalized spacial score (nSPS) is 32.2. The van der Waals surface area contributed by atoms with Crippen molar-refractivity contribution in [1.29, 1.82) is 0 Å². The third kappa shape index (κ3) is 2.81. The summed E-state index contributed by atoms with van der Waals surface area (Å²) in [7, 11) is 0. The Morgan fingerprint density at radius 1 is 1.05 bits per heavy atom. The molecule has 0 unspecified atom stereocenters. The number of rotatable bonds is 4. The van der Waals surface area contributed by atoms with E-state index in [9.17, 15) is 4.79 Å². The number of hydrogen-bond acceptors (Lipinski definition) is 2. The Bertz CT molecular complexity index is 311. The monoisotopic (exact) mass is 264 g/mol. The molecular formula is C16H28N2O. The average molecular weight is 264 g/mol. The molecular weight excluding hydrogens is 236 g/mol. The maximum Gasteiger partial charge on any atom is 0.222 e. The molecule has 19 heavy (non-hydrogen) atoms. The molecule has 2 bridgehead atoms. The predicted octanol–water partition coefficient (Wildman–Crippen LogP) is 2.65. The van der Waals surface area contributed by atoms with E-state index in [-0.39, 0.29) is 0 Å². The third-order valence-corrected chi connectivity index (χ3v) is 5.48. The summed E-state index contributed by atoms with van der Waals surface area (Å²) in [6, 6.07) is 1.05. The van der Waals surface area contributed by atoms with Crippen LogP contribution in [0.25, 0.3) is 0 Å². The van der Waals surface area contributed by atoms with Crippen molar-refractivity contribution in [2.75, 3.05) is 19.6 Å². The van der Waals surface area contributed by atoms with Gasteiger partial charge in [0.05, 0.1) is 0 Å². The van der Waals surface area contributed by atoms with Crippen LogP contribution in [0, 0.1) is 5.92 Å². The highest BCUT2D eigenvalue weighted by molar-refractivity contribution is 5.77. The first-order chi connectivity index (χ1) is 9.28. The van der Waals surface area contributed by atoms with Crippen molar-refractivity contribution in [3.8, 4) is 0 Å². The minimum absolute atomic E-state index is 0.378. The van der Waals surface area contributed by atoms with Gasteiger partial charge in [-0.3, -0.25) is 9.69 Å². The van der Waals surface area contributed by atoms with Crippen LogP contribution in [0.4, 0.5) is 0 Å². The van der Waals surface area contributed by atoms with E-state index in [2.05, 4.69) is 9.80 Å². The first-order valence-electron chi connectivity index (χ1n) is 8.31. The zero-order chi connectivity index (χ0) is 13.2. The van der Waals surface area contributed by atoms with Crippen molar-refractivity contribution in [2.45, 2.75) is 70.4 Å². The maximum absolute atomic E-state index is 12.0. The van der Waals surface area contributed by atoms with Crippen LogP contribution in [0.5, 0.6) is 0 Å². The second-order valence-corrected chi connectivity index (χ2v) is 6.74. The lowest BCUT2D eigenvalue weighted by atomic mass is 10.0. The van der Waals surface area contributed by atoms with E-state index in [0.717, 1.165) is 19.0 Å². The average Bonchev–Trinajstić information content (AvgIpc) is 3.02. The Hall–Kier alpha value is -0.570. The van der Waals surface area contributed by atoms with Gasteiger partial charge in [-0.2, -0.15) is 0 Å². The molecule has 3 fully saturated rings. The summed E-state index contributed by atoms with van der Waals surface area (Å²) in [5, 5.41) is 0. The number of carbonyl (C=O) groups excluding carboxylic acids is 1. The number of piperazine rings is 1. The fourth-order valence-electron chi connectivity index (χ4n) is 4.43. The zero-order valence-electron chi connectivity index (χ0n) is 12.3. The largest absolute Gasteiger partial charge is 0.334 e. The Labute approximate surface area is 117 Å². The van der Waals surface area contributed by atoms with E-state index in [0.29, 0.717) is 24.4 Å². The topological polar surface area (TPSA) is 23.6 Å². The number of likely N-dealkylation sites (tertiary alicyclic amines) is 1. The van der Waals surface area contributed by atoms with Crippen molar-refractivity contribution in [2.24, 2.45) is 5.92 Å². The number of amides is 1. The van der Waals surface area contributed by atoms with Crippen molar-refractivity contribution in [1.82, 2.24) is 9.80 Å². The van der Waals surface area contributed by atoms with E-state index in [1.165, 1.54) is 51.5 Å². The number of carbonyl (C=O) groups is 1. The summed E-state index contributed by atoms with van der Waals surface area (Å²) in [5.74, 6) is 1.37. The summed E-state index contributed by atoms with van der Waals surface area (Å²) >= 11 is 0. The number of nitrogens with zero attached hydrogens (tertiary/aromatic N) is 2. The molecule has 2 atom stereocenters. The second kappa shape index (κ2) is 5.82. The molecule has 1 amide bonds. The van der Waals surface area contributed by atoms with Gasteiger partial charge in [-0.1, -0.05) is 32.6 Å². The van der Waals surface area contributed by atoms with Gasteiger partial charge in [-0.25, -0.2) is 0 Å². The molecule has 1 saturated carbocycles. The van der Waals surface area contributed by atoms with Crippen molar-refractivity contribution in [3.63, 3.8) is 0 Å². The van der Waals surface area contributed by atoms with Crippen LogP contribution in [0.3, 0.4) is 0 Å². The van der Waals surface area contributed by atoms with Gasteiger partial charge in [0.2, 0.25) is 5.91 Å². The molecule has 0 radical (unpaired) electrons. The van der Waals surface area contributed by atoms with Gasteiger partial charge in [-0.15, -0.1) is 0 Å². The molecule has 0 aromatic heterocycles. The van der Waals surface area contributed by atoms with Crippen molar-refractivity contribution in [3.05, 3.63) is 0 Å². The van der Waals surface area contributed by atoms with Gasteiger partial charge in [0.1, 0.15) is 0 Å². The first-order valence-corrected chi connectivity index (χ1v) is 8.31. The molecule has 3 heteroatoms. The van der Waals surface area contributed by atoms with Gasteiger partial charge in [0.25, 0.3) is 0 Å². The highest BCUT2D eigenvalue weighted by Gasteiger charge is 2.41. The third-order valence-electron chi connectivity index (χ3n) is 5.48. The van der Waals surface area contributed by atoms with E-state index in [1.54, 1.807) is 0 Å². The smallest absolute Gasteiger partial charge is 0.222 e. The highest BCUT2D eigenvalue weighted by atomic mass is 16.2. The van der Waals surface area contributed by atoms with E-state index in [4.69, 9.17) is 0 Å². The van der Waals surface area contributed by atoms with Crippen molar-refractivity contribution >= 4 is 5.91 Å². The van der Waals surface area contributed by atoms with Gasteiger partial charge in [0.15, 0.2) is 0 Å². The van der Waals surface area contributed by atoms with Crippen LogP contribution >= 0.6 is 0 Å². The minimum Gasteiger partial charge on any atom is -0.334 e. The van der Waals surface area contributed by atoms with Gasteiger partial charge < -0.3 is 4.90 Å². The summed E-state index contributed by atoms with van der Waals surface area (Å²) in [6.45, 7) is 5.53. The molecule has 108 valence electrons. The molecule has 2 saturated heterocycles. The van der Waals surface area contributed by atoms with Gasteiger partial charge >= 0.3 is 0 Å². The van der Waals surface area contributed by atoms with Crippen LogP contribution in [0.15, 0.2) is 0 Å². The Kier molecular flexibility index (Phi) is 4.11. The molecule has 3 aliphatic rings. The standard InChI is InChI=1S/C16H28N2O/c1-2-16(19)18-14-7-8-15(18)12-17(11-14)10-9-13-5-3-4-6-13/h13-15H,2-12H2,1H3/t14-,15-/m0/s1. The van der Waals surface area contributed by atoms with E-state index < -0.39 is 0 Å². The van der Waals surface area contributed by atoms with Crippen LogP contribution in [-0.4, -0.2) is 47.4 Å². The maximum atomic E-state index is 12.0. The van der Waals surface area contributed by atoms with Gasteiger partial charge in [-0.05, 0) is 31.7 Å². The molecule has 3 rings (SSSR count). The molecule has 2 aliphatic heterocycles. The summed E-state index contributed by atoms with van der Waals surface area (Å²) < 4.78 is 0. The zero-order valence-corrected chi connectivity index (χ0v) is 12.3.